The number of hydrogen-bond acceptors (Lipinski definition) is 4. The minimum atomic E-state index is -3.34. The second-order valence-electron chi connectivity index (χ2n) is 4.40. The highest BCUT2D eigenvalue weighted by atomic mass is 32.3. The van der Waals surface area contributed by atoms with Gasteiger partial charge in [-0.05, 0) is 36.2 Å². The molecular formula is C11H21O4S2+. The zero-order valence-corrected chi connectivity index (χ0v) is 11.9. The van der Waals surface area contributed by atoms with Crippen molar-refractivity contribution in [2.45, 2.75) is 45.4 Å². The van der Waals surface area contributed by atoms with Crippen LogP contribution in [-0.4, -0.2) is 31.5 Å². The van der Waals surface area contributed by atoms with Crippen molar-refractivity contribution in [2.24, 2.45) is 0 Å². The average molecular weight is 281 g/mol. The van der Waals surface area contributed by atoms with Gasteiger partial charge in [0.2, 0.25) is 0 Å². The van der Waals surface area contributed by atoms with Crippen molar-refractivity contribution in [1.82, 2.24) is 0 Å². The summed E-state index contributed by atoms with van der Waals surface area (Å²) in [5, 5.41) is 0. The predicted octanol–water partition coefficient (Wildman–Crippen LogP) is 1.81. The van der Waals surface area contributed by atoms with Crippen molar-refractivity contribution < 1.29 is 16.8 Å². The Morgan fingerprint density at radius 3 is 2.41 bits per heavy atom. The van der Waals surface area contributed by atoms with Crippen LogP contribution in [0.1, 0.15) is 45.4 Å². The fourth-order valence-corrected chi connectivity index (χ4v) is 5.51. The van der Waals surface area contributed by atoms with Gasteiger partial charge in [0.1, 0.15) is 17.3 Å². The van der Waals surface area contributed by atoms with Crippen LogP contribution in [-0.2, 0) is 29.7 Å². The Morgan fingerprint density at radius 2 is 1.82 bits per heavy atom. The Bertz CT molecular complexity index is 331. The summed E-state index contributed by atoms with van der Waals surface area (Å²) in [4.78, 5) is 10.7. The normalized spacial score (nSPS) is 17.5. The maximum Gasteiger partial charge on any atom is 0.311 e. The summed E-state index contributed by atoms with van der Waals surface area (Å²) in [6.45, 7) is 1.56. The molecule has 1 heterocycles. The Hall–Kier alpha value is -0.0700. The van der Waals surface area contributed by atoms with Crippen molar-refractivity contribution in [3.05, 3.63) is 0 Å². The number of hydrogen-bond donors (Lipinski definition) is 0. The summed E-state index contributed by atoms with van der Waals surface area (Å²) >= 11 is -0.353. The Kier molecular flexibility index (Phi) is 6.51. The highest BCUT2D eigenvalue weighted by molar-refractivity contribution is 8.02. The van der Waals surface area contributed by atoms with E-state index >= 15 is 0 Å². The van der Waals surface area contributed by atoms with Crippen molar-refractivity contribution in [3.63, 3.8) is 0 Å². The molecule has 0 unspecified atom stereocenters. The molecule has 0 aromatic rings. The van der Waals surface area contributed by atoms with Gasteiger partial charge in [-0.1, -0.05) is 6.42 Å². The van der Waals surface area contributed by atoms with Gasteiger partial charge >= 0.3 is 10.1 Å². The molecule has 0 radical (unpaired) electrons. The van der Waals surface area contributed by atoms with Crippen LogP contribution in [0.3, 0.4) is 0 Å². The first kappa shape index (κ1) is 15.0. The van der Waals surface area contributed by atoms with Gasteiger partial charge in [-0.15, -0.1) is 0 Å². The Labute approximate surface area is 107 Å². The molecule has 0 amide bonds. The number of carbonyl (C=O) groups is 1. The average Bonchev–Trinajstić information content (AvgIpc) is 2.68. The van der Waals surface area contributed by atoms with Crippen LogP contribution in [0.5, 0.6) is 0 Å². The van der Waals surface area contributed by atoms with Crippen molar-refractivity contribution >= 4 is 27.1 Å². The molecular weight excluding hydrogens is 260 g/mol. The molecule has 0 aliphatic carbocycles. The first-order chi connectivity index (χ1) is 7.99. The zero-order valence-electron chi connectivity index (χ0n) is 10.3. The summed E-state index contributed by atoms with van der Waals surface area (Å²) < 4.78 is 28.4. The third-order valence-electron chi connectivity index (χ3n) is 2.62. The molecule has 0 bridgehead atoms. The fourth-order valence-electron chi connectivity index (χ4n) is 1.71. The molecule has 1 saturated heterocycles. The number of ketones is 1. The molecule has 0 N–H and O–H groups in total. The van der Waals surface area contributed by atoms with Crippen LogP contribution in [0.2, 0.25) is 0 Å². The SMILES string of the molecule is CC(=O)CCCCCS(=O)(=O)O[S+]1CCCC1. The molecule has 1 fully saturated rings. The minimum absolute atomic E-state index is 0.0917. The van der Waals surface area contributed by atoms with E-state index in [1.54, 1.807) is 6.92 Å². The monoisotopic (exact) mass is 281 g/mol. The number of carbonyl (C=O) groups excluding carboxylic acids is 1. The summed E-state index contributed by atoms with van der Waals surface area (Å²) in [5.74, 6) is 2.04. The molecule has 1 aliphatic heterocycles. The molecule has 6 heteroatoms. The Morgan fingerprint density at radius 1 is 1.18 bits per heavy atom. The standard InChI is InChI=1S/C11H21O4S2/c1-11(12)7-3-2-6-10-17(13,14)15-16-8-4-5-9-16/h2-10H2,1H3/q+1. The van der Waals surface area contributed by atoms with Gasteiger partial charge in [-0.3, -0.25) is 0 Å². The molecule has 17 heavy (non-hydrogen) atoms. The van der Waals surface area contributed by atoms with E-state index in [0.29, 0.717) is 12.8 Å². The van der Waals surface area contributed by atoms with Gasteiger partial charge < -0.3 is 4.79 Å². The summed E-state index contributed by atoms with van der Waals surface area (Å²) in [7, 11) is -3.34. The summed E-state index contributed by atoms with van der Waals surface area (Å²) in [6, 6.07) is 0. The van der Waals surface area contributed by atoms with E-state index in [-0.39, 0.29) is 22.7 Å². The van der Waals surface area contributed by atoms with Gasteiger partial charge in [0.05, 0.1) is 5.75 Å². The van der Waals surface area contributed by atoms with Gasteiger partial charge in [0, 0.05) is 6.42 Å². The van der Waals surface area contributed by atoms with E-state index in [0.717, 1.165) is 37.2 Å². The highest BCUT2D eigenvalue weighted by Gasteiger charge is 2.32. The van der Waals surface area contributed by atoms with Crippen LogP contribution >= 0.6 is 0 Å². The molecule has 100 valence electrons. The molecule has 0 aromatic carbocycles. The molecule has 1 rings (SSSR count). The lowest BCUT2D eigenvalue weighted by atomic mass is 10.2. The van der Waals surface area contributed by atoms with Gasteiger partial charge in [0.25, 0.3) is 0 Å². The molecule has 4 nitrogen and oxygen atoms in total. The number of unbranched alkanes of at least 4 members (excludes halogenated alkanes) is 2. The van der Waals surface area contributed by atoms with Crippen LogP contribution < -0.4 is 0 Å². The van der Waals surface area contributed by atoms with Crippen molar-refractivity contribution in [2.75, 3.05) is 17.3 Å². The summed E-state index contributed by atoms with van der Waals surface area (Å²) in [6.07, 6.45) is 4.85. The van der Waals surface area contributed by atoms with Crippen molar-refractivity contribution in [1.29, 1.82) is 0 Å². The van der Waals surface area contributed by atoms with Crippen LogP contribution in [0.25, 0.3) is 0 Å². The maximum atomic E-state index is 11.6. The maximum absolute atomic E-state index is 11.6. The van der Waals surface area contributed by atoms with Gasteiger partial charge in [-0.2, -0.15) is 8.42 Å². The van der Waals surface area contributed by atoms with E-state index in [1.807, 2.05) is 0 Å². The lowest BCUT2D eigenvalue weighted by molar-refractivity contribution is -0.117. The molecule has 0 spiro atoms. The number of rotatable bonds is 8. The highest BCUT2D eigenvalue weighted by Crippen LogP contribution is 2.18. The first-order valence-electron chi connectivity index (χ1n) is 6.09. The molecule has 0 saturated carbocycles. The number of Topliss-reactive ketones (excluding diaryl/α,β-unsaturated/α-hetero) is 1. The third kappa shape index (κ3) is 7.06. The summed E-state index contributed by atoms with van der Waals surface area (Å²) in [5.41, 5.74) is 0. The fraction of sp³-hybridized carbons (Fsp3) is 0.909. The van der Waals surface area contributed by atoms with E-state index in [1.165, 1.54) is 0 Å². The third-order valence-corrected chi connectivity index (χ3v) is 6.49. The van der Waals surface area contributed by atoms with E-state index in [4.69, 9.17) is 3.63 Å². The Balaban J connectivity index is 2.13. The predicted molar refractivity (Wildman–Crippen MR) is 70.4 cm³/mol. The van der Waals surface area contributed by atoms with Crippen LogP contribution in [0.15, 0.2) is 0 Å². The smallest absolute Gasteiger partial charge is 0.300 e. The second-order valence-corrected chi connectivity index (χ2v) is 8.16. The van der Waals surface area contributed by atoms with Crippen molar-refractivity contribution in [3.8, 4) is 0 Å². The zero-order chi connectivity index (χ0) is 12.7. The quantitative estimate of drug-likeness (QED) is 0.503. The molecule has 1 aliphatic rings. The molecule has 0 aromatic heterocycles. The van der Waals surface area contributed by atoms with Crippen LogP contribution in [0.4, 0.5) is 0 Å². The van der Waals surface area contributed by atoms with E-state index < -0.39 is 10.1 Å². The second kappa shape index (κ2) is 7.38. The lowest BCUT2D eigenvalue weighted by Gasteiger charge is -2.02. The van der Waals surface area contributed by atoms with E-state index in [2.05, 4.69) is 0 Å². The minimum Gasteiger partial charge on any atom is -0.300 e. The topological polar surface area (TPSA) is 60.4 Å². The van der Waals surface area contributed by atoms with Gasteiger partial charge in [-0.25, -0.2) is 0 Å². The van der Waals surface area contributed by atoms with Crippen LogP contribution in [0, 0.1) is 0 Å². The lowest BCUT2D eigenvalue weighted by Crippen LogP contribution is -2.18. The largest absolute Gasteiger partial charge is 0.311 e. The van der Waals surface area contributed by atoms with Gasteiger partial charge in [0.15, 0.2) is 11.2 Å². The first-order valence-corrected chi connectivity index (χ1v) is 9.16. The molecule has 0 atom stereocenters. The van der Waals surface area contributed by atoms with E-state index in [9.17, 15) is 13.2 Å².